The first kappa shape index (κ1) is 12.3. The zero-order valence-corrected chi connectivity index (χ0v) is 8.58. The molecule has 0 aromatic heterocycles. The summed E-state index contributed by atoms with van der Waals surface area (Å²) in [6, 6.07) is 0. The van der Waals surface area contributed by atoms with Crippen molar-refractivity contribution in [2.45, 2.75) is 45.6 Å². The molecule has 0 fully saturated rings. The van der Waals surface area contributed by atoms with Crippen LogP contribution in [0, 0.1) is 0 Å². The van der Waals surface area contributed by atoms with E-state index < -0.39 is 0 Å². The molecule has 0 bridgehead atoms. The molecule has 1 atom stereocenters. The molecule has 0 aliphatic heterocycles. The Morgan fingerprint density at radius 2 is 2.23 bits per heavy atom. The minimum atomic E-state index is 0.335. The fourth-order valence-corrected chi connectivity index (χ4v) is 1.13. The zero-order valence-electron chi connectivity index (χ0n) is 8.58. The van der Waals surface area contributed by atoms with E-state index in [1.807, 2.05) is 0 Å². The van der Waals surface area contributed by atoms with Crippen LogP contribution in [0.2, 0.25) is 0 Å². The summed E-state index contributed by atoms with van der Waals surface area (Å²) in [6.45, 7) is 5.62. The number of hydrogen-bond acceptors (Lipinski definition) is 3. The molecule has 0 aromatic rings. The minimum Gasteiger partial charge on any atom is -0.378 e. The molecule has 0 aromatic carbocycles. The second-order valence-corrected chi connectivity index (χ2v) is 3.02. The first-order chi connectivity index (χ1) is 6.35. The number of hydrogen-bond donors (Lipinski definition) is 0. The van der Waals surface area contributed by atoms with Gasteiger partial charge in [0.15, 0.2) is 0 Å². The van der Waals surface area contributed by atoms with E-state index >= 15 is 0 Å². The third kappa shape index (κ3) is 7.69. The molecule has 3 heteroatoms. The molecule has 76 valence electrons. The summed E-state index contributed by atoms with van der Waals surface area (Å²) in [5.74, 6) is 0. The van der Waals surface area contributed by atoms with Gasteiger partial charge in [-0.25, -0.2) is 9.79 Å². The molecule has 0 heterocycles. The smallest absolute Gasteiger partial charge is 0.234 e. The van der Waals surface area contributed by atoms with Gasteiger partial charge in [-0.15, -0.1) is 0 Å². The Morgan fingerprint density at radius 3 is 2.77 bits per heavy atom. The molecule has 0 aliphatic rings. The standard InChI is InChI=1S/C10H19NO2/c1-3-8-13-10(4-2)6-5-7-11-9-12/h10H,3-8H2,1-2H3. The molecule has 0 radical (unpaired) electrons. The molecular formula is C10H19NO2. The average molecular weight is 185 g/mol. The lowest BCUT2D eigenvalue weighted by Crippen LogP contribution is -2.12. The molecule has 0 spiro atoms. The Morgan fingerprint density at radius 1 is 1.46 bits per heavy atom. The highest BCUT2D eigenvalue weighted by Crippen LogP contribution is 2.06. The van der Waals surface area contributed by atoms with Crippen molar-refractivity contribution in [1.29, 1.82) is 0 Å². The summed E-state index contributed by atoms with van der Waals surface area (Å²) >= 11 is 0. The highest BCUT2D eigenvalue weighted by molar-refractivity contribution is 5.32. The lowest BCUT2D eigenvalue weighted by atomic mass is 10.1. The number of aliphatic imine (C=N–C) groups is 1. The van der Waals surface area contributed by atoms with E-state index in [1.165, 1.54) is 6.08 Å². The van der Waals surface area contributed by atoms with Gasteiger partial charge >= 0.3 is 0 Å². The Kier molecular flexibility index (Phi) is 8.95. The fourth-order valence-electron chi connectivity index (χ4n) is 1.13. The summed E-state index contributed by atoms with van der Waals surface area (Å²) in [6.07, 6.45) is 5.86. The van der Waals surface area contributed by atoms with Crippen LogP contribution in [0.1, 0.15) is 39.5 Å². The maximum absolute atomic E-state index is 9.77. The monoisotopic (exact) mass is 185 g/mol. The van der Waals surface area contributed by atoms with Crippen molar-refractivity contribution in [3.05, 3.63) is 0 Å². The van der Waals surface area contributed by atoms with Gasteiger partial charge in [0.05, 0.1) is 12.6 Å². The Bertz CT molecular complexity index is 153. The maximum Gasteiger partial charge on any atom is 0.234 e. The highest BCUT2D eigenvalue weighted by Gasteiger charge is 2.04. The lowest BCUT2D eigenvalue weighted by molar-refractivity contribution is 0.0445. The average Bonchev–Trinajstić information content (AvgIpc) is 2.17. The molecule has 0 amide bonds. The van der Waals surface area contributed by atoms with Gasteiger partial charge < -0.3 is 4.74 Å². The molecule has 0 saturated carbocycles. The molecule has 1 unspecified atom stereocenters. The second kappa shape index (κ2) is 9.43. The number of rotatable bonds is 8. The van der Waals surface area contributed by atoms with Crippen molar-refractivity contribution in [2.75, 3.05) is 13.2 Å². The number of carbonyl (C=O) groups excluding carboxylic acids is 1. The Balaban J connectivity index is 3.41. The van der Waals surface area contributed by atoms with Crippen LogP contribution in [0.3, 0.4) is 0 Å². The zero-order chi connectivity index (χ0) is 9.94. The van der Waals surface area contributed by atoms with E-state index in [1.54, 1.807) is 0 Å². The predicted molar refractivity (Wildman–Crippen MR) is 52.5 cm³/mol. The Hall–Kier alpha value is -0.660. The summed E-state index contributed by atoms with van der Waals surface area (Å²) in [5.41, 5.74) is 0. The summed E-state index contributed by atoms with van der Waals surface area (Å²) in [4.78, 5) is 13.3. The summed E-state index contributed by atoms with van der Waals surface area (Å²) < 4.78 is 5.58. The van der Waals surface area contributed by atoms with E-state index in [-0.39, 0.29) is 0 Å². The van der Waals surface area contributed by atoms with E-state index in [0.29, 0.717) is 12.6 Å². The van der Waals surface area contributed by atoms with Crippen LogP contribution in [0.5, 0.6) is 0 Å². The third-order valence-electron chi connectivity index (χ3n) is 1.87. The second-order valence-electron chi connectivity index (χ2n) is 3.02. The van der Waals surface area contributed by atoms with Gasteiger partial charge in [-0.3, -0.25) is 0 Å². The van der Waals surface area contributed by atoms with Gasteiger partial charge in [0.25, 0.3) is 0 Å². The lowest BCUT2D eigenvalue weighted by Gasteiger charge is -2.14. The van der Waals surface area contributed by atoms with Crippen LogP contribution in [-0.2, 0) is 9.53 Å². The summed E-state index contributed by atoms with van der Waals surface area (Å²) in [5, 5.41) is 0. The molecule has 0 saturated heterocycles. The highest BCUT2D eigenvalue weighted by atomic mass is 16.5. The van der Waals surface area contributed by atoms with Crippen molar-refractivity contribution in [3.63, 3.8) is 0 Å². The van der Waals surface area contributed by atoms with Crippen LogP contribution in [0.15, 0.2) is 4.99 Å². The van der Waals surface area contributed by atoms with Gasteiger partial charge in [-0.05, 0) is 25.7 Å². The van der Waals surface area contributed by atoms with Crippen molar-refractivity contribution in [1.82, 2.24) is 0 Å². The van der Waals surface area contributed by atoms with Gasteiger partial charge in [0.2, 0.25) is 6.08 Å². The first-order valence-corrected chi connectivity index (χ1v) is 5.00. The third-order valence-corrected chi connectivity index (χ3v) is 1.87. The Labute approximate surface area is 80.2 Å². The van der Waals surface area contributed by atoms with E-state index in [9.17, 15) is 4.79 Å². The van der Waals surface area contributed by atoms with Gasteiger partial charge in [0.1, 0.15) is 0 Å². The van der Waals surface area contributed by atoms with Gasteiger partial charge in [0, 0.05) is 6.61 Å². The molecule has 0 aliphatic carbocycles. The SMILES string of the molecule is CCCOC(CC)CCCN=C=O. The number of ether oxygens (including phenoxy) is 1. The van der Waals surface area contributed by atoms with E-state index in [2.05, 4.69) is 18.8 Å². The molecule has 0 N–H and O–H groups in total. The fraction of sp³-hybridized carbons (Fsp3) is 0.900. The normalized spacial score (nSPS) is 12.2. The molecule has 0 rings (SSSR count). The molecule has 3 nitrogen and oxygen atoms in total. The topological polar surface area (TPSA) is 38.7 Å². The van der Waals surface area contributed by atoms with Crippen molar-refractivity contribution >= 4 is 6.08 Å². The summed E-state index contributed by atoms with van der Waals surface area (Å²) in [7, 11) is 0. The van der Waals surface area contributed by atoms with Gasteiger partial charge in [-0.1, -0.05) is 13.8 Å². The van der Waals surface area contributed by atoms with Gasteiger partial charge in [-0.2, -0.15) is 0 Å². The molecule has 13 heavy (non-hydrogen) atoms. The van der Waals surface area contributed by atoms with E-state index in [0.717, 1.165) is 32.3 Å². The largest absolute Gasteiger partial charge is 0.378 e. The first-order valence-electron chi connectivity index (χ1n) is 5.00. The van der Waals surface area contributed by atoms with Crippen LogP contribution in [-0.4, -0.2) is 25.3 Å². The van der Waals surface area contributed by atoms with Crippen molar-refractivity contribution in [2.24, 2.45) is 4.99 Å². The molecular weight excluding hydrogens is 166 g/mol. The van der Waals surface area contributed by atoms with Crippen LogP contribution >= 0.6 is 0 Å². The van der Waals surface area contributed by atoms with E-state index in [4.69, 9.17) is 4.74 Å². The predicted octanol–water partition coefficient (Wildman–Crippen LogP) is 2.31. The van der Waals surface area contributed by atoms with Crippen LogP contribution in [0.25, 0.3) is 0 Å². The number of isocyanates is 1. The van der Waals surface area contributed by atoms with Crippen LogP contribution < -0.4 is 0 Å². The van der Waals surface area contributed by atoms with Crippen LogP contribution in [0.4, 0.5) is 0 Å². The maximum atomic E-state index is 9.77. The van der Waals surface area contributed by atoms with Crippen molar-refractivity contribution in [3.8, 4) is 0 Å². The quantitative estimate of drug-likeness (QED) is 0.330. The number of nitrogens with zero attached hydrogens (tertiary/aromatic N) is 1. The van der Waals surface area contributed by atoms with Crippen molar-refractivity contribution < 1.29 is 9.53 Å². The minimum absolute atomic E-state index is 0.335.